The van der Waals surface area contributed by atoms with Gasteiger partial charge in [0.2, 0.25) is 0 Å². The zero-order chi connectivity index (χ0) is 17.3. The molecule has 1 saturated heterocycles. The van der Waals surface area contributed by atoms with Crippen LogP contribution in [-0.4, -0.2) is 44.9 Å². The summed E-state index contributed by atoms with van der Waals surface area (Å²) in [6.45, 7) is 5.15. The Hall–Kier alpha value is -1.85. The summed E-state index contributed by atoms with van der Waals surface area (Å²) in [7, 11) is 0. The quantitative estimate of drug-likeness (QED) is 0.927. The van der Waals surface area contributed by atoms with Gasteiger partial charge in [0.15, 0.2) is 0 Å². The van der Waals surface area contributed by atoms with Crippen LogP contribution in [0.4, 0.5) is 0 Å². The second-order valence-corrected chi connectivity index (χ2v) is 6.97. The lowest BCUT2D eigenvalue weighted by atomic mass is 10.0. The molecule has 3 rings (SSSR count). The normalized spacial score (nSPS) is 18.2. The number of β-amino-alcohol motifs (C(OH)–C–C–N with tert-alkyl or cyclic N) is 1. The van der Waals surface area contributed by atoms with Crippen molar-refractivity contribution in [2.24, 2.45) is 0 Å². The number of amides is 1. The van der Waals surface area contributed by atoms with Crippen LogP contribution < -0.4 is 0 Å². The first-order chi connectivity index (χ1) is 11.5. The Balaban J connectivity index is 1.98. The van der Waals surface area contributed by atoms with Crippen molar-refractivity contribution in [1.82, 2.24) is 14.7 Å². The summed E-state index contributed by atoms with van der Waals surface area (Å²) in [6, 6.07) is 7.43. The number of hydrogen-bond acceptors (Lipinski definition) is 3. The maximum atomic E-state index is 12.9. The largest absolute Gasteiger partial charge is 0.391 e. The lowest BCUT2D eigenvalue weighted by molar-refractivity contribution is 0.0472. The van der Waals surface area contributed by atoms with Crippen molar-refractivity contribution < 1.29 is 9.90 Å². The van der Waals surface area contributed by atoms with E-state index in [1.807, 2.05) is 38.1 Å². The maximum Gasteiger partial charge on any atom is 0.257 e. The highest BCUT2D eigenvalue weighted by atomic mass is 35.5. The van der Waals surface area contributed by atoms with Gasteiger partial charge in [-0.05, 0) is 37.0 Å². The molecule has 2 aromatic rings. The molecule has 0 spiro atoms. The molecule has 0 aliphatic carbocycles. The van der Waals surface area contributed by atoms with Crippen LogP contribution in [0, 0.1) is 0 Å². The Labute approximate surface area is 146 Å². The van der Waals surface area contributed by atoms with Gasteiger partial charge in [0.05, 0.1) is 29.2 Å². The molecule has 1 fully saturated rings. The Kier molecular flexibility index (Phi) is 4.92. The number of carbonyl (C=O) groups excluding carboxylic acids is 1. The molecule has 5 nitrogen and oxygen atoms in total. The number of piperidine rings is 1. The highest BCUT2D eigenvalue weighted by Crippen LogP contribution is 2.26. The summed E-state index contributed by atoms with van der Waals surface area (Å²) in [6.07, 6.45) is 2.77. The average Bonchev–Trinajstić information content (AvgIpc) is 2.99. The van der Waals surface area contributed by atoms with E-state index in [2.05, 4.69) is 5.10 Å². The molecule has 0 saturated carbocycles. The minimum atomic E-state index is -0.437. The van der Waals surface area contributed by atoms with Crippen LogP contribution >= 0.6 is 11.6 Å². The molecule has 128 valence electrons. The number of nitrogens with zero attached hydrogens (tertiary/aromatic N) is 3. The highest BCUT2D eigenvalue weighted by molar-refractivity contribution is 6.30. The number of halogens is 1. The van der Waals surface area contributed by atoms with Crippen molar-refractivity contribution in [2.75, 3.05) is 13.1 Å². The van der Waals surface area contributed by atoms with Crippen molar-refractivity contribution >= 4 is 17.5 Å². The third kappa shape index (κ3) is 3.32. The Morgan fingerprint density at radius 2 is 2.21 bits per heavy atom. The van der Waals surface area contributed by atoms with Crippen LogP contribution in [0.25, 0.3) is 5.69 Å². The first-order valence-corrected chi connectivity index (χ1v) is 8.66. The molecule has 1 aliphatic rings. The first kappa shape index (κ1) is 17.0. The standard InChI is InChI=1S/C18H22ClN3O2/c1-12(2)17-16(18(24)21-8-4-7-15(23)11-21)10-20-22(17)14-6-3-5-13(19)9-14/h3,5-6,9-10,12,15,23H,4,7-8,11H2,1-2H3. The summed E-state index contributed by atoms with van der Waals surface area (Å²) in [4.78, 5) is 14.6. The van der Waals surface area contributed by atoms with E-state index in [4.69, 9.17) is 11.6 Å². The molecule has 0 radical (unpaired) electrons. The SMILES string of the molecule is CC(C)c1c(C(=O)N2CCCC(O)C2)cnn1-c1cccc(Cl)c1. The highest BCUT2D eigenvalue weighted by Gasteiger charge is 2.28. The third-order valence-corrected chi connectivity index (χ3v) is 4.56. The molecule has 6 heteroatoms. The lowest BCUT2D eigenvalue weighted by Gasteiger charge is -2.30. The van der Waals surface area contributed by atoms with Gasteiger partial charge in [-0.2, -0.15) is 5.10 Å². The van der Waals surface area contributed by atoms with E-state index in [1.54, 1.807) is 15.8 Å². The van der Waals surface area contributed by atoms with Crippen molar-refractivity contribution in [3.8, 4) is 5.69 Å². The number of likely N-dealkylation sites (tertiary alicyclic amines) is 1. The fraction of sp³-hybridized carbons (Fsp3) is 0.444. The van der Waals surface area contributed by atoms with Crippen LogP contribution in [-0.2, 0) is 0 Å². The predicted octanol–water partition coefficient (Wildman–Crippen LogP) is 3.25. The van der Waals surface area contributed by atoms with Crippen LogP contribution in [0.5, 0.6) is 0 Å². The summed E-state index contributed by atoms with van der Waals surface area (Å²) < 4.78 is 1.78. The first-order valence-electron chi connectivity index (χ1n) is 8.28. The fourth-order valence-corrected chi connectivity index (χ4v) is 3.39. The van der Waals surface area contributed by atoms with E-state index in [9.17, 15) is 9.90 Å². The van der Waals surface area contributed by atoms with Crippen molar-refractivity contribution in [3.05, 3.63) is 46.7 Å². The molecular weight excluding hydrogens is 326 g/mol. The van der Waals surface area contributed by atoms with Gasteiger partial charge in [0.25, 0.3) is 5.91 Å². The van der Waals surface area contributed by atoms with E-state index >= 15 is 0 Å². The van der Waals surface area contributed by atoms with Gasteiger partial charge < -0.3 is 10.0 Å². The smallest absolute Gasteiger partial charge is 0.257 e. The number of hydrogen-bond donors (Lipinski definition) is 1. The monoisotopic (exact) mass is 347 g/mol. The molecule has 24 heavy (non-hydrogen) atoms. The van der Waals surface area contributed by atoms with E-state index in [-0.39, 0.29) is 11.8 Å². The summed E-state index contributed by atoms with van der Waals surface area (Å²) in [5.41, 5.74) is 2.30. The van der Waals surface area contributed by atoms with Gasteiger partial charge in [0.1, 0.15) is 0 Å². The van der Waals surface area contributed by atoms with E-state index in [1.165, 1.54) is 0 Å². The van der Waals surface area contributed by atoms with Crippen LogP contribution in [0.3, 0.4) is 0 Å². The van der Waals surface area contributed by atoms with Crippen LogP contribution in [0.15, 0.2) is 30.5 Å². The second-order valence-electron chi connectivity index (χ2n) is 6.54. The number of benzene rings is 1. The van der Waals surface area contributed by atoms with Gasteiger partial charge in [-0.1, -0.05) is 31.5 Å². The zero-order valence-corrected chi connectivity index (χ0v) is 14.7. The molecule has 0 bridgehead atoms. The molecule has 2 heterocycles. The zero-order valence-electron chi connectivity index (χ0n) is 13.9. The molecule has 1 N–H and O–H groups in total. The van der Waals surface area contributed by atoms with E-state index < -0.39 is 6.10 Å². The molecule has 1 amide bonds. The summed E-state index contributed by atoms with van der Waals surface area (Å²) in [5, 5.41) is 14.9. The van der Waals surface area contributed by atoms with Gasteiger partial charge in [-0.3, -0.25) is 4.79 Å². The maximum absolute atomic E-state index is 12.9. The number of aromatic nitrogens is 2. The predicted molar refractivity (Wildman–Crippen MR) is 93.8 cm³/mol. The third-order valence-electron chi connectivity index (χ3n) is 4.32. The van der Waals surface area contributed by atoms with Crippen molar-refractivity contribution in [2.45, 2.75) is 38.7 Å². The van der Waals surface area contributed by atoms with Gasteiger partial charge >= 0.3 is 0 Å². The van der Waals surface area contributed by atoms with Crippen LogP contribution in [0.2, 0.25) is 5.02 Å². The molecular formula is C18H22ClN3O2. The van der Waals surface area contributed by atoms with E-state index in [0.29, 0.717) is 23.7 Å². The molecule has 1 aromatic heterocycles. The van der Waals surface area contributed by atoms with Crippen molar-refractivity contribution in [1.29, 1.82) is 0 Å². The fourth-order valence-electron chi connectivity index (χ4n) is 3.20. The van der Waals surface area contributed by atoms with Crippen LogP contribution in [0.1, 0.15) is 48.7 Å². The molecule has 1 aromatic carbocycles. The summed E-state index contributed by atoms with van der Waals surface area (Å²) in [5.74, 6) is 0.0610. The Morgan fingerprint density at radius 1 is 1.42 bits per heavy atom. The van der Waals surface area contributed by atoms with Gasteiger partial charge in [0, 0.05) is 18.1 Å². The molecule has 1 unspecified atom stereocenters. The number of aliphatic hydroxyl groups excluding tert-OH is 1. The topological polar surface area (TPSA) is 58.4 Å². The second kappa shape index (κ2) is 6.95. The van der Waals surface area contributed by atoms with E-state index in [0.717, 1.165) is 24.2 Å². The number of aliphatic hydroxyl groups is 1. The summed E-state index contributed by atoms with van der Waals surface area (Å²) >= 11 is 6.09. The van der Waals surface area contributed by atoms with Crippen molar-refractivity contribution in [3.63, 3.8) is 0 Å². The number of carbonyl (C=O) groups is 1. The number of rotatable bonds is 3. The van der Waals surface area contributed by atoms with Gasteiger partial charge in [-0.15, -0.1) is 0 Å². The average molecular weight is 348 g/mol. The Bertz CT molecular complexity index is 742. The minimum absolute atomic E-state index is 0.0641. The van der Waals surface area contributed by atoms with Gasteiger partial charge in [-0.25, -0.2) is 4.68 Å². The molecule has 1 atom stereocenters. The lowest BCUT2D eigenvalue weighted by Crippen LogP contribution is -2.42. The Morgan fingerprint density at radius 3 is 2.88 bits per heavy atom. The minimum Gasteiger partial charge on any atom is -0.391 e. The molecule has 1 aliphatic heterocycles.